The molecule has 0 spiro atoms. The van der Waals surface area contributed by atoms with Gasteiger partial charge in [-0.05, 0) is 35.9 Å². The van der Waals surface area contributed by atoms with E-state index in [0.717, 1.165) is 26.3 Å². The molecule has 0 aliphatic heterocycles. The van der Waals surface area contributed by atoms with Gasteiger partial charge in [-0.2, -0.15) is 0 Å². The zero-order chi connectivity index (χ0) is 14.8. The summed E-state index contributed by atoms with van der Waals surface area (Å²) in [6, 6.07) is 13.9. The molecule has 21 heavy (non-hydrogen) atoms. The van der Waals surface area contributed by atoms with E-state index in [9.17, 15) is 0 Å². The molecule has 0 aliphatic carbocycles. The minimum atomic E-state index is -0.116. The lowest BCUT2D eigenvalue weighted by molar-refractivity contribution is 0.413. The van der Waals surface area contributed by atoms with Gasteiger partial charge in [-0.25, -0.2) is 4.98 Å². The second-order valence-electron chi connectivity index (χ2n) is 4.77. The summed E-state index contributed by atoms with van der Waals surface area (Å²) in [6.07, 6.45) is 0.713. The van der Waals surface area contributed by atoms with Crippen molar-refractivity contribution >= 4 is 37.5 Å². The number of nitrogens with two attached hydrogens (primary N) is 1. The first-order chi connectivity index (χ1) is 10.2. The van der Waals surface area contributed by atoms with E-state index in [1.165, 1.54) is 4.70 Å². The van der Waals surface area contributed by atoms with Crippen molar-refractivity contribution in [1.29, 1.82) is 0 Å². The first kappa shape index (κ1) is 14.5. The molecular formula is C16H15BrN2OS. The van der Waals surface area contributed by atoms with Crippen molar-refractivity contribution in [3.05, 3.63) is 57.5 Å². The predicted octanol–water partition coefficient (Wildman–Crippen LogP) is 4.31. The molecule has 0 saturated carbocycles. The van der Waals surface area contributed by atoms with Crippen LogP contribution in [0.25, 0.3) is 10.2 Å². The lowest BCUT2D eigenvalue weighted by Crippen LogP contribution is -2.14. The van der Waals surface area contributed by atoms with E-state index in [2.05, 4.69) is 27.0 Å². The van der Waals surface area contributed by atoms with Crippen molar-refractivity contribution in [3.63, 3.8) is 0 Å². The van der Waals surface area contributed by atoms with Crippen LogP contribution in [0.4, 0.5) is 0 Å². The van der Waals surface area contributed by atoms with E-state index >= 15 is 0 Å². The number of benzene rings is 2. The van der Waals surface area contributed by atoms with Gasteiger partial charge < -0.3 is 10.5 Å². The summed E-state index contributed by atoms with van der Waals surface area (Å²) < 4.78 is 7.46. The van der Waals surface area contributed by atoms with Crippen molar-refractivity contribution in [2.75, 3.05) is 7.11 Å². The number of nitrogens with zero attached hydrogens (tertiary/aromatic N) is 1. The molecule has 0 saturated heterocycles. The fourth-order valence-corrected chi connectivity index (χ4v) is 3.80. The Balaban J connectivity index is 1.87. The number of thiazole rings is 1. The molecule has 1 aromatic heterocycles. The number of halogens is 1. The maximum atomic E-state index is 6.35. The smallest absolute Gasteiger partial charge is 0.119 e. The van der Waals surface area contributed by atoms with E-state index in [1.54, 1.807) is 18.4 Å². The van der Waals surface area contributed by atoms with Crippen LogP contribution in [0.1, 0.15) is 16.6 Å². The number of hydrogen-bond donors (Lipinski definition) is 1. The Hall–Kier alpha value is -1.43. The number of ether oxygens (including phenoxy) is 1. The normalized spacial score (nSPS) is 12.5. The quantitative estimate of drug-likeness (QED) is 0.752. The van der Waals surface area contributed by atoms with Crippen molar-refractivity contribution in [2.45, 2.75) is 12.5 Å². The number of aromatic nitrogens is 1. The average Bonchev–Trinajstić information content (AvgIpc) is 2.89. The maximum absolute atomic E-state index is 6.35. The van der Waals surface area contributed by atoms with Crippen molar-refractivity contribution in [2.24, 2.45) is 5.73 Å². The molecule has 0 aliphatic rings. The summed E-state index contributed by atoms with van der Waals surface area (Å²) in [5.41, 5.74) is 8.43. The fourth-order valence-electron chi connectivity index (χ4n) is 2.24. The summed E-state index contributed by atoms with van der Waals surface area (Å²) in [4.78, 5) is 4.64. The summed E-state index contributed by atoms with van der Waals surface area (Å²) >= 11 is 5.25. The number of methoxy groups -OCH3 is 1. The topological polar surface area (TPSA) is 48.1 Å². The molecule has 0 radical (unpaired) electrons. The molecule has 0 bridgehead atoms. The molecule has 1 atom stereocenters. The van der Waals surface area contributed by atoms with Crippen LogP contribution >= 0.6 is 27.3 Å². The van der Waals surface area contributed by atoms with Crippen molar-refractivity contribution < 1.29 is 4.74 Å². The molecule has 3 rings (SSSR count). The molecule has 3 nitrogen and oxygen atoms in total. The van der Waals surface area contributed by atoms with Gasteiger partial charge in [0.25, 0.3) is 0 Å². The fraction of sp³-hybridized carbons (Fsp3) is 0.188. The maximum Gasteiger partial charge on any atom is 0.119 e. The molecule has 5 heteroatoms. The van der Waals surface area contributed by atoms with E-state index < -0.39 is 0 Å². The third-order valence-electron chi connectivity index (χ3n) is 3.34. The molecule has 0 amide bonds. The van der Waals surface area contributed by atoms with Gasteiger partial charge in [-0.1, -0.05) is 28.1 Å². The molecule has 0 fully saturated rings. The highest BCUT2D eigenvalue weighted by molar-refractivity contribution is 9.10. The summed E-state index contributed by atoms with van der Waals surface area (Å²) in [7, 11) is 1.66. The highest BCUT2D eigenvalue weighted by atomic mass is 79.9. The SMILES string of the molecule is COc1ccc(Br)c(C(N)Cc2nc3ccccc3s2)c1. The number of hydrogen-bond acceptors (Lipinski definition) is 4. The lowest BCUT2D eigenvalue weighted by atomic mass is 10.0. The molecular weight excluding hydrogens is 348 g/mol. The number of rotatable bonds is 4. The van der Waals surface area contributed by atoms with Crippen LogP contribution in [-0.4, -0.2) is 12.1 Å². The van der Waals surface area contributed by atoms with Gasteiger partial charge in [0.2, 0.25) is 0 Å². The highest BCUT2D eigenvalue weighted by Gasteiger charge is 2.14. The zero-order valence-electron chi connectivity index (χ0n) is 11.5. The Morgan fingerprint density at radius 1 is 1.29 bits per heavy atom. The molecule has 3 aromatic rings. The van der Waals surface area contributed by atoms with Crippen LogP contribution < -0.4 is 10.5 Å². The largest absolute Gasteiger partial charge is 0.497 e. The van der Waals surface area contributed by atoms with Crippen LogP contribution in [0.3, 0.4) is 0 Å². The van der Waals surface area contributed by atoms with E-state index in [1.807, 2.05) is 36.4 Å². The van der Waals surface area contributed by atoms with Crippen LogP contribution in [0.2, 0.25) is 0 Å². The van der Waals surface area contributed by atoms with Gasteiger partial charge >= 0.3 is 0 Å². The molecule has 2 N–H and O–H groups in total. The number of fused-ring (bicyclic) bond motifs is 1. The third kappa shape index (κ3) is 3.10. The Labute approximate surface area is 135 Å². The van der Waals surface area contributed by atoms with Gasteiger partial charge in [-0.15, -0.1) is 11.3 Å². The standard InChI is InChI=1S/C16H15BrN2OS/c1-20-10-6-7-12(17)11(8-10)13(18)9-16-19-14-4-2-3-5-15(14)21-16/h2-8,13H,9,18H2,1H3. The Morgan fingerprint density at radius 3 is 2.86 bits per heavy atom. The first-order valence-corrected chi connectivity index (χ1v) is 8.22. The van der Waals surface area contributed by atoms with Gasteiger partial charge in [0.15, 0.2) is 0 Å². The summed E-state index contributed by atoms with van der Waals surface area (Å²) in [6.45, 7) is 0. The summed E-state index contributed by atoms with van der Waals surface area (Å²) in [5, 5.41) is 1.05. The number of para-hydroxylation sites is 1. The van der Waals surface area contributed by atoms with Crippen molar-refractivity contribution in [1.82, 2.24) is 4.98 Å². The monoisotopic (exact) mass is 362 g/mol. The Kier molecular flexibility index (Phi) is 4.24. The molecule has 1 heterocycles. The van der Waals surface area contributed by atoms with Crippen molar-refractivity contribution in [3.8, 4) is 5.75 Å². The van der Waals surface area contributed by atoms with Gasteiger partial charge in [0, 0.05) is 16.9 Å². The second kappa shape index (κ2) is 6.13. The van der Waals surface area contributed by atoms with E-state index in [4.69, 9.17) is 10.5 Å². The van der Waals surface area contributed by atoms with Crippen LogP contribution in [0.15, 0.2) is 46.9 Å². The molecule has 2 aromatic carbocycles. The predicted molar refractivity (Wildman–Crippen MR) is 90.9 cm³/mol. The highest BCUT2D eigenvalue weighted by Crippen LogP contribution is 2.30. The second-order valence-corrected chi connectivity index (χ2v) is 6.74. The van der Waals surface area contributed by atoms with E-state index in [-0.39, 0.29) is 6.04 Å². The minimum absolute atomic E-state index is 0.116. The van der Waals surface area contributed by atoms with Gasteiger partial charge in [0.05, 0.1) is 22.3 Å². The molecule has 108 valence electrons. The van der Waals surface area contributed by atoms with Gasteiger partial charge in [0.1, 0.15) is 5.75 Å². The van der Waals surface area contributed by atoms with E-state index in [0.29, 0.717) is 6.42 Å². The Morgan fingerprint density at radius 2 is 2.10 bits per heavy atom. The van der Waals surface area contributed by atoms with Crippen LogP contribution in [-0.2, 0) is 6.42 Å². The summed E-state index contributed by atoms with van der Waals surface area (Å²) in [5.74, 6) is 0.813. The average molecular weight is 363 g/mol. The van der Waals surface area contributed by atoms with Crippen LogP contribution in [0, 0.1) is 0 Å². The minimum Gasteiger partial charge on any atom is -0.497 e. The zero-order valence-corrected chi connectivity index (χ0v) is 13.9. The lowest BCUT2D eigenvalue weighted by Gasteiger charge is -2.13. The van der Waals surface area contributed by atoms with Gasteiger partial charge in [-0.3, -0.25) is 0 Å². The third-order valence-corrected chi connectivity index (χ3v) is 5.12. The molecule has 1 unspecified atom stereocenters. The van der Waals surface area contributed by atoms with Crippen LogP contribution in [0.5, 0.6) is 5.75 Å². The first-order valence-electron chi connectivity index (χ1n) is 6.61. The Bertz CT molecular complexity index is 739.